The maximum absolute atomic E-state index is 6.17. The van der Waals surface area contributed by atoms with Gasteiger partial charge in [-0.05, 0) is 17.5 Å². The van der Waals surface area contributed by atoms with Crippen LogP contribution in [0.2, 0.25) is 0 Å². The molecule has 3 heterocycles. The van der Waals surface area contributed by atoms with E-state index in [0.29, 0.717) is 5.82 Å². The number of nitrogens with zero attached hydrogens (tertiary/aromatic N) is 2. The van der Waals surface area contributed by atoms with Crippen LogP contribution in [0.1, 0.15) is 12.7 Å². The Kier molecular flexibility index (Phi) is 2.91. The van der Waals surface area contributed by atoms with E-state index in [-0.39, 0.29) is 0 Å². The lowest BCUT2D eigenvalue weighted by atomic mass is 10.1. The van der Waals surface area contributed by atoms with Crippen molar-refractivity contribution >= 4 is 17.2 Å². The lowest BCUT2D eigenvalue weighted by molar-refractivity contribution is 0.517. The van der Waals surface area contributed by atoms with Crippen molar-refractivity contribution in [2.45, 2.75) is 13.3 Å². The molecule has 0 aliphatic heterocycles. The van der Waals surface area contributed by atoms with Crippen LogP contribution in [0.4, 0.5) is 5.82 Å². The zero-order chi connectivity index (χ0) is 13.4. The van der Waals surface area contributed by atoms with Gasteiger partial charge in [0.25, 0.3) is 0 Å². The van der Waals surface area contributed by atoms with Crippen molar-refractivity contribution in [3.63, 3.8) is 0 Å². The maximum Gasteiger partial charge on any atom is 0.130 e. The van der Waals surface area contributed by atoms with Gasteiger partial charge in [-0.2, -0.15) is 5.10 Å². The molecule has 0 bridgehead atoms. The van der Waals surface area contributed by atoms with Gasteiger partial charge in [0.15, 0.2) is 0 Å². The second-order valence-corrected chi connectivity index (χ2v) is 5.27. The van der Waals surface area contributed by atoms with Gasteiger partial charge in [0.1, 0.15) is 17.3 Å². The lowest BCUT2D eigenvalue weighted by Crippen LogP contribution is -1.97. The Morgan fingerprint density at radius 3 is 2.95 bits per heavy atom. The van der Waals surface area contributed by atoms with E-state index >= 15 is 0 Å². The molecule has 0 radical (unpaired) electrons. The van der Waals surface area contributed by atoms with Gasteiger partial charge in [-0.15, -0.1) is 11.3 Å². The molecule has 0 unspecified atom stereocenters. The molecule has 5 heteroatoms. The van der Waals surface area contributed by atoms with Gasteiger partial charge in [0.2, 0.25) is 0 Å². The van der Waals surface area contributed by atoms with Crippen LogP contribution < -0.4 is 5.73 Å². The Morgan fingerprint density at radius 2 is 2.26 bits per heavy atom. The normalized spacial score (nSPS) is 11.1. The molecule has 0 amide bonds. The maximum atomic E-state index is 6.17. The van der Waals surface area contributed by atoms with Crippen LogP contribution in [0.25, 0.3) is 21.7 Å². The predicted molar refractivity (Wildman–Crippen MR) is 78.0 cm³/mol. The molecule has 0 spiro atoms. The van der Waals surface area contributed by atoms with Crippen molar-refractivity contribution in [2.24, 2.45) is 7.05 Å². The molecule has 2 N–H and O–H groups in total. The predicted octanol–water partition coefficient (Wildman–Crippen LogP) is 3.55. The lowest BCUT2D eigenvalue weighted by Gasteiger charge is -2.01. The van der Waals surface area contributed by atoms with Crippen LogP contribution in [0, 0.1) is 0 Å². The van der Waals surface area contributed by atoms with Crippen LogP contribution in [0.5, 0.6) is 0 Å². The first kappa shape index (κ1) is 12.0. The fourth-order valence-corrected chi connectivity index (χ4v) is 2.99. The number of nitrogen functional groups attached to an aromatic ring is 1. The van der Waals surface area contributed by atoms with E-state index < -0.39 is 0 Å². The van der Waals surface area contributed by atoms with Crippen molar-refractivity contribution in [1.29, 1.82) is 0 Å². The van der Waals surface area contributed by atoms with Gasteiger partial charge in [0.05, 0.1) is 11.8 Å². The number of nitrogens with two attached hydrogens (primary N) is 1. The summed E-state index contributed by atoms with van der Waals surface area (Å²) in [6.45, 7) is 2.07. The molecule has 19 heavy (non-hydrogen) atoms. The Labute approximate surface area is 115 Å². The number of rotatable bonds is 3. The van der Waals surface area contributed by atoms with Crippen LogP contribution in [0.3, 0.4) is 0 Å². The second kappa shape index (κ2) is 4.59. The Hall–Kier alpha value is -2.01. The van der Waals surface area contributed by atoms with Crippen LogP contribution >= 0.6 is 11.3 Å². The van der Waals surface area contributed by atoms with E-state index in [1.807, 2.05) is 24.6 Å². The smallest absolute Gasteiger partial charge is 0.130 e. The minimum Gasteiger partial charge on any atom is -0.469 e. The van der Waals surface area contributed by atoms with Crippen LogP contribution in [-0.2, 0) is 13.5 Å². The van der Waals surface area contributed by atoms with Gasteiger partial charge in [-0.3, -0.25) is 4.68 Å². The van der Waals surface area contributed by atoms with Gasteiger partial charge < -0.3 is 10.2 Å². The quantitative estimate of drug-likeness (QED) is 0.794. The largest absolute Gasteiger partial charge is 0.469 e. The second-order valence-electron chi connectivity index (χ2n) is 4.32. The number of hydrogen-bond donors (Lipinski definition) is 1. The Bertz CT molecular complexity index is 694. The zero-order valence-electron chi connectivity index (χ0n) is 10.9. The molecule has 0 aliphatic carbocycles. The van der Waals surface area contributed by atoms with Gasteiger partial charge in [0, 0.05) is 23.9 Å². The minimum atomic E-state index is 0.681. The number of anilines is 1. The first-order valence-electron chi connectivity index (χ1n) is 6.15. The highest BCUT2D eigenvalue weighted by atomic mass is 32.1. The van der Waals surface area contributed by atoms with E-state index in [1.165, 1.54) is 0 Å². The van der Waals surface area contributed by atoms with Crippen molar-refractivity contribution in [2.75, 3.05) is 5.73 Å². The Balaban J connectivity index is 2.25. The first-order valence-corrected chi connectivity index (χ1v) is 7.03. The number of thiophene rings is 1. The summed E-state index contributed by atoms with van der Waals surface area (Å²) >= 11 is 1.66. The summed E-state index contributed by atoms with van der Waals surface area (Å²) in [5.41, 5.74) is 9.09. The van der Waals surface area contributed by atoms with Crippen LogP contribution in [0.15, 0.2) is 34.3 Å². The number of hydrogen-bond acceptors (Lipinski definition) is 4. The van der Waals surface area contributed by atoms with Crippen molar-refractivity contribution in [3.05, 3.63) is 35.6 Å². The molecular formula is C14H15N3OS. The molecule has 0 fully saturated rings. The van der Waals surface area contributed by atoms with Gasteiger partial charge in [-0.1, -0.05) is 13.0 Å². The molecule has 0 saturated heterocycles. The molecule has 4 nitrogen and oxygen atoms in total. The van der Waals surface area contributed by atoms with Crippen molar-refractivity contribution in [3.8, 4) is 21.7 Å². The molecule has 3 aromatic rings. The molecule has 0 aromatic carbocycles. The molecule has 3 rings (SSSR count). The molecule has 98 valence electrons. The molecule has 0 saturated carbocycles. The van der Waals surface area contributed by atoms with E-state index in [1.54, 1.807) is 22.3 Å². The summed E-state index contributed by atoms with van der Waals surface area (Å²) < 4.78 is 7.22. The van der Waals surface area contributed by atoms with E-state index in [2.05, 4.69) is 18.1 Å². The van der Waals surface area contributed by atoms with E-state index in [0.717, 1.165) is 33.9 Å². The average molecular weight is 273 g/mol. The standard InChI is InChI=1S/C14H15N3OS/c1-3-10-9(6-7-18-10)13-12(11-5-4-8-19-11)14(15)17(2)16-13/h4-8H,3,15H2,1-2H3. The summed E-state index contributed by atoms with van der Waals surface area (Å²) in [5.74, 6) is 1.62. The van der Waals surface area contributed by atoms with E-state index in [9.17, 15) is 0 Å². The topological polar surface area (TPSA) is 57.0 Å². The number of aryl methyl sites for hydroxylation is 2. The highest BCUT2D eigenvalue weighted by Gasteiger charge is 2.21. The summed E-state index contributed by atoms with van der Waals surface area (Å²) in [6.07, 6.45) is 2.54. The third-order valence-electron chi connectivity index (χ3n) is 3.18. The fourth-order valence-electron chi connectivity index (χ4n) is 2.21. The Morgan fingerprint density at radius 1 is 1.42 bits per heavy atom. The third-order valence-corrected chi connectivity index (χ3v) is 4.07. The first-order chi connectivity index (χ1) is 9.22. The zero-order valence-corrected chi connectivity index (χ0v) is 11.7. The highest BCUT2D eigenvalue weighted by Crippen LogP contribution is 2.39. The SMILES string of the molecule is CCc1occc1-c1nn(C)c(N)c1-c1cccs1. The fraction of sp³-hybridized carbons (Fsp3) is 0.214. The van der Waals surface area contributed by atoms with E-state index in [4.69, 9.17) is 10.2 Å². The summed E-state index contributed by atoms with van der Waals surface area (Å²) in [5, 5.41) is 6.60. The average Bonchev–Trinajstić information content (AvgIpc) is 3.11. The monoisotopic (exact) mass is 273 g/mol. The highest BCUT2D eigenvalue weighted by molar-refractivity contribution is 7.13. The summed E-state index contributed by atoms with van der Waals surface area (Å²) in [4.78, 5) is 1.13. The molecule has 0 atom stereocenters. The van der Waals surface area contributed by atoms with Crippen molar-refractivity contribution in [1.82, 2.24) is 9.78 Å². The third kappa shape index (κ3) is 1.86. The van der Waals surface area contributed by atoms with Gasteiger partial charge in [-0.25, -0.2) is 0 Å². The number of furan rings is 1. The summed E-state index contributed by atoms with van der Waals surface area (Å²) in [7, 11) is 1.86. The summed E-state index contributed by atoms with van der Waals surface area (Å²) in [6, 6.07) is 6.04. The molecule has 0 aliphatic rings. The van der Waals surface area contributed by atoms with Gasteiger partial charge >= 0.3 is 0 Å². The van der Waals surface area contributed by atoms with Crippen LogP contribution in [-0.4, -0.2) is 9.78 Å². The molecule has 3 aromatic heterocycles. The minimum absolute atomic E-state index is 0.681. The number of aromatic nitrogens is 2. The van der Waals surface area contributed by atoms with Crippen molar-refractivity contribution < 1.29 is 4.42 Å². The molecular weight excluding hydrogens is 258 g/mol.